The lowest BCUT2D eigenvalue weighted by molar-refractivity contribution is -0.127. The third-order valence-corrected chi connectivity index (χ3v) is 6.21. The number of aromatic nitrogens is 2. The van der Waals surface area contributed by atoms with Crippen molar-refractivity contribution >= 4 is 17.2 Å². The summed E-state index contributed by atoms with van der Waals surface area (Å²) in [6.45, 7) is 2.88. The average Bonchev–Trinajstić information content (AvgIpc) is 3.53. The maximum absolute atomic E-state index is 12.7. The minimum absolute atomic E-state index is 0.0487. The fourth-order valence-corrected chi connectivity index (χ4v) is 4.46. The van der Waals surface area contributed by atoms with Crippen molar-refractivity contribution < 1.29 is 18.8 Å². The third-order valence-electron chi connectivity index (χ3n) is 5.35. The lowest BCUT2D eigenvalue weighted by Gasteiger charge is -2.30. The Bertz CT molecular complexity index is 1020. The maximum Gasteiger partial charge on any atom is 0.241 e. The van der Waals surface area contributed by atoms with Crippen LogP contribution in [0.4, 0.5) is 0 Å². The maximum atomic E-state index is 12.7. The topological polar surface area (TPSA) is 89.7 Å². The lowest BCUT2D eigenvalue weighted by Crippen LogP contribution is -2.42. The summed E-state index contributed by atoms with van der Waals surface area (Å²) >= 11 is 1.58. The highest BCUT2D eigenvalue weighted by Crippen LogP contribution is 2.32. The zero-order chi connectivity index (χ0) is 20.3. The summed E-state index contributed by atoms with van der Waals surface area (Å²) in [6, 6.07) is 9.67. The number of carbonyl (C=O) groups is 1. The Labute approximate surface area is 177 Å². The minimum Gasteiger partial charge on any atom is -0.454 e. The Kier molecular flexibility index (Phi) is 5.37. The first-order valence-electron chi connectivity index (χ1n) is 9.99. The highest BCUT2D eigenvalue weighted by Gasteiger charge is 2.27. The number of carbonyl (C=O) groups excluding carboxylic acids is 1. The number of nitrogens with zero attached hydrogens (tertiary/aromatic N) is 3. The van der Waals surface area contributed by atoms with Crippen LogP contribution in [0, 0.1) is 5.92 Å². The second-order valence-electron chi connectivity index (χ2n) is 7.47. The van der Waals surface area contributed by atoms with Gasteiger partial charge in [-0.25, -0.2) is 0 Å². The molecule has 0 saturated carbocycles. The van der Waals surface area contributed by atoms with Gasteiger partial charge in [-0.15, -0.1) is 11.3 Å². The molecule has 1 N–H and O–H groups in total. The van der Waals surface area contributed by atoms with E-state index in [-0.39, 0.29) is 18.6 Å². The number of likely N-dealkylation sites (tertiary alicyclic amines) is 1. The van der Waals surface area contributed by atoms with E-state index in [0.29, 0.717) is 31.3 Å². The molecule has 4 heterocycles. The van der Waals surface area contributed by atoms with Crippen LogP contribution in [-0.2, 0) is 17.9 Å². The summed E-state index contributed by atoms with van der Waals surface area (Å²) in [6.07, 6.45) is 1.85. The van der Waals surface area contributed by atoms with E-state index in [1.54, 1.807) is 11.3 Å². The van der Waals surface area contributed by atoms with Crippen molar-refractivity contribution in [3.8, 4) is 22.2 Å². The summed E-state index contributed by atoms with van der Waals surface area (Å²) in [7, 11) is 0. The van der Waals surface area contributed by atoms with Crippen molar-refractivity contribution in [2.75, 3.05) is 19.9 Å². The third kappa shape index (κ3) is 4.17. The van der Waals surface area contributed by atoms with Crippen LogP contribution in [0.15, 0.2) is 40.2 Å². The molecule has 8 nitrogen and oxygen atoms in total. The molecule has 0 aliphatic carbocycles. The molecule has 1 saturated heterocycles. The molecule has 0 bridgehead atoms. The van der Waals surface area contributed by atoms with Crippen LogP contribution in [0.3, 0.4) is 0 Å². The van der Waals surface area contributed by atoms with Crippen LogP contribution in [-0.4, -0.2) is 40.8 Å². The number of ether oxygens (including phenoxy) is 2. The summed E-state index contributed by atoms with van der Waals surface area (Å²) in [4.78, 5) is 20.4. The molecule has 156 valence electrons. The second-order valence-corrected chi connectivity index (χ2v) is 8.42. The van der Waals surface area contributed by atoms with Crippen LogP contribution in [0.25, 0.3) is 10.7 Å². The quantitative estimate of drug-likeness (QED) is 0.648. The number of hydrogen-bond acceptors (Lipinski definition) is 8. The Morgan fingerprint density at radius 2 is 2.20 bits per heavy atom. The standard InChI is InChI=1S/C21H22N4O4S/c26-21(22-10-14-5-6-16-17(9-14)28-13-27-16)15-3-1-7-25(11-15)12-19-23-20(24-29-19)18-4-2-8-30-18/h2,4-6,8-9,15H,1,3,7,10-13H2,(H,22,26)/t15-/m0/s1. The summed E-state index contributed by atoms with van der Waals surface area (Å²) in [5, 5.41) is 9.11. The SMILES string of the molecule is O=C(NCc1ccc2c(c1)OCO2)[C@H]1CCCN(Cc2nc(-c3cccs3)no2)C1. The number of rotatable bonds is 6. The predicted octanol–water partition coefficient (Wildman–Crippen LogP) is 3.06. The zero-order valence-corrected chi connectivity index (χ0v) is 17.2. The Hall–Kier alpha value is -2.91. The van der Waals surface area contributed by atoms with Crippen LogP contribution in [0.1, 0.15) is 24.3 Å². The van der Waals surface area contributed by atoms with Gasteiger partial charge in [0.25, 0.3) is 0 Å². The molecular weight excluding hydrogens is 404 g/mol. The number of fused-ring (bicyclic) bond motifs is 1. The van der Waals surface area contributed by atoms with E-state index in [0.717, 1.165) is 41.3 Å². The predicted molar refractivity (Wildman–Crippen MR) is 110 cm³/mol. The molecule has 2 aromatic heterocycles. The lowest BCUT2D eigenvalue weighted by atomic mass is 9.97. The summed E-state index contributed by atoms with van der Waals surface area (Å²) in [5.41, 5.74) is 0.993. The molecule has 2 aliphatic heterocycles. The van der Waals surface area contributed by atoms with Crippen LogP contribution >= 0.6 is 11.3 Å². The van der Waals surface area contributed by atoms with Crippen molar-refractivity contribution in [1.29, 1.82) is 0 Å². The Morgan fingerprint density at radius 3 is 3.10 bits per heavy atom. The van der Waals surface area contributed by atoms with E-state index in [1.807, 2.05) is 35.7 Å². The number of thiophene rings is 1. The molecule has 1 aromatic carbocycles. The van der Waals surface area contributed by atoms with Gasteiger partial charge in [-0.05, 0) is 48.5 Å². The van der Waals surface area contributed by atoms with Gasteiger partial charge in [0.15, 0.2) is 11.5 Å². The first kappa shape index (κ1) is 19.1. The molecule has 5 rings (SSSR count). The minimum atomic E-state index is -0.0487. The molecule has 30 heavy (non-hydrogen) atoms. The van der Waals surface area contributed by atoms with Gasteiger partial charge in [0.1, 0.15) is 0 Å². The Morgan fingerprint density at radius 1 is 1.27 bits per heavy atom. The monoisotopic (exact) mass is 426 g/mol. The van der Waals surface area contributed by atoms with Crippen LogP contribution in [0.5, 0.6) is 11.5 Å². The number of amides is 1. The van der Waals surface area contributed by atoms with E-state index in [1.165, 1.54) is 0 Å². The first-order chi connectivity index (χ1) is 14.7. The van der Waals surface area contributed by atoms with Crippen molar-refractivity contribution in [1.82, 2.24) is 20.4 Å². The highest BCUT2D eigenvalue weighted by molar-refractivity contribution is 7.13. The number of benzene rings is 1. The van der Waals surface area contributed by atoms with E-state index < -0.39 is 0 Å². The summed E-state index contributed by atoms with van der Waals surface area (Å²) in [5.74, 6) is 2.70. The molecule has 9 heteroatoms. The molecule has 0 spiro atoms. The van der Waals surface area contributed by atoms with Gasteiger partial charge >= 0.3 is 0 Å². The normalized spacial score (nSPS) is 18.5. The number of piperidine rings is 1. The fourth-order valence-electron chi connectivity index (χ4n) is 3.81. The Balaban J connectivity index is 1.14. The summed E-state index contributed by atoms with van der Waals surface area (Å²) < 4.78 is 16.1. The van der Waals surface area contributed by atoms with Gasteiger partial charge in [-0.1, -0.05) is 17.3 Å². The highest BCUT2D eigenvalue weighted by atomic mass is 32.1. The van der Waals surface area contributed by atoms with Crippen molar-refractivity contribution in [2.45, 2.75) is 25.9 Å². The van der Waals surface area contributed by atoms with Crippen molar-refractivity contribution in [2.24, 2.45) is 5.92 Å². The van der Waals surface area contributed by atoms with Gasteiger partial charge in [-0.2, -0.15) is 4.98 Å². The molecule has 0 unspecified atom stereocenters. The van der Waals surface area contributed by atoms with Crippen molar-refractivity contribution in [3.63, 3.8) is 0 Å². The molecule has 0 radical (unpaired) electrons. The zero-order valence-electron chi connectivity index (χ0n) is 16.4. The fraction of sp³-hybridized carbons (Fsp3) is 0.381. The molecule has 1 amide bonds. The average molecular weight is 426 g/mol. The molecule has 1 fully saturated rings. The van der Waals surface area contributed by atoms with E-state index in [9.17, 15) is 4.79 Å². The first-order valence-corrected chi connectivity index (χ1v) is 10.9. The second kappa shape index (κ2) is 8.45. The largest absolute Gasteiger partial charge is 0.454 e. The van der Waals surface area contributed by atoms with E-state index in [2.05, 4.69) is 20.4 Å². The molecular formula is C21H22N4O4S. The molecule has 3 aromatic rings. The van der Waals surface area contributed by atoms with Crippen molar-refractivity contribution in [3.05, 3.63) is 47.2 Å². The van der Waals surface area contributed by atoms with Gasteiger partial charge < -0.3 is 19.3 Å². The van der Waals surface area contributed by atoms with Gasteiger partial charge in [0.05, 0.1) is 17.3 Å². The number of nitrogens with one attached hydrogen (secondary N) is 1. The van der Waals surface area contributed by atoms with E-state index in [4.69, 9.17) is 14.0 Å². The molecule has 2 aliphatic rings. The molecule has 1 atom stereocenters. The van der Waals surface area contributed by atoms with Crippen LogP contribution < -0.4 is 14.8 Å². The van der Waals surface area contributed by atoms with E-state index >= 15 is 0 Å². The number of hydrogen-bond donors (Lipinski definition) is 1. The van der Waals surface area contributed by atoms with Gasteiger partial charge in [0, 0.05) is 13.1 Å². The van der Waals surface area contributed by atoms with Gasteiger partial charge in [-0.3, -0.25) is 9.69 Å². The van der Waals surface area contributed by atoms with Gasteiger partial charge in [0.2, 0.25) is 24.4 Å². The van der Waals surface area contributed by atoms with Crippen LogP contribution in [0.2, 0.25) is 0 Å². The smallest absolute Gasteiger partial charge is 0.241 e.